The predicted molar refractivity (Wildman–Crippen MR) is 89.8 cm³/mol. The first kappa shape index (κ1) is 17.7. The molecule has 0 amide bonds. The highest BCUT2D eigenvalue weighted by molar-refractivity contribution is 5.53. The van der Waals surface area contributed by atoms with E-state index in [4.69, 9.17) is 4.74 Å². The molecule has 1 fully saturated rings. The number of benzene rings is 2. The minimum atomic E-state index is -0.898. The van der Waals surface area contributed by atoms with Crippen molar-refractivity contribution in [2.45, 2.75) is 44.2 Å². The van der Waals surface area contributed by atoms with Gasteiger partial charge in [-0.2, -0.15) is 0 Å². The quantitative estimate of drug-likeness (QED) is 0.562. The van der Waals surface area contributed by atoms with E-state index >= 15 is 0 Å². The van der Waals surface area contributed by atoms with Crippen molar-refractivity contribution < 1.29 is 39.1 Å². The van der Waals surface area contributed by atoms with Crippen LogP contribution in [0, 0.1) is 6.92 Å². The molecule has 2 aromatic carbocycles. The molecular formula is C20H24INO2. The summed E-state index contributed by atoms with van der Waals surface area (Å²) < 4.78 is 6.28. The van der Waals surface area contributed by atoms with Crippen LogP contribution < -0.4 is 34.0 Å². The van der Waals surface area contributed by atoms with Gasteiger partial charge in [-0.25, -0.2) is 0 Å². The van der Waals surface area contributed by atoms with Gasteiger partial charge in [-0.15, -0.1) is 0 Å². The minimum Gasteiger partial charge on any atom is -1.00 e. The van der Waals surface area contributed by atoms with E-state index < -0.39 is 5.60 Å². The molecule has 3 N–H and O–H groups in total. The van der Waals surface area contributed by atoms with E-state index in [9.17, 15) is 5.11 Å². The largest absolute Gasteiger partial charge is 1.00 e. The summed E-state index contributed by atoms with van der Waals surface area (Å²) in [7, 11) is 0. The van der Waals surface area contributed by atoms with Crippen molar-refractivity contribution >= 4 is 0 Å². The van der Waals surface area contributed by atoms with E-state index in [0.29, 0.717) is 6.54 Å². The highest BCUT2D eigenvalue weighted by Gasteiger charge is 2.52. The van der Waals surface area contributed by atoms with Crippen molar-refractivity contribution in [2.75, 3.05) is 6.54 Å². The number of fused-ring (bicyclic) bond motifs is 5. The second kappa shape index (κ2) is 6.00. The second-order valence-electron chi connectivity index (χ2n) is 7.67. The molecule has 4 heteroatoms. The molecule has 2 atom stereocenters. The Hall–Kier alpha value is -1.11. The van der Waals surface area contributed by atoms with Crippen molar-refractivity contribution in [1.82, 2.24) is 0 Å². The number of quaternary nitrogens is 1. The number of hydrogen-bond acceptors (Lipinski definition) is 2. The van der Waals surface area contributed by atoms with E-state index in [1.54, 1.807) is 0 Å². The van der Waals surface area contributed by atoms with Gasteiger partial charge in [-0.1, -0.05) is 36.4 Å². The fourth-order valence-electron chi connectivity index (χ4n) is 4.13. The number of aliphatic hydroxyl groups is 1. The van der Waals surface area contributed by atoms with E-state index in [1.165, 1.54) is 0 Å². The number of piperidine rings is 1. The van der Waals surface area contributed by atoms with Crippen molar-refractivity contribution in [1.29, 1.82) is 0 Å². The maximum atomic E-state index is 11.7. The minimum absolute atomic E-state index is 0. The van der Waals surface area contributed by atoms with Crippen molar-refractivity contribution in [2.24, 2.45) is 0 Å². The van der Waals surface area contributed by atoms with Crippen LogP contribution in [0.2, 0.25) is 0 Å². The summed E-state index contributed by atoms with van der Waals surface area (Å²) in [6.07, 6.45) is 0.914. The van der Waals surface area contributed by atoms with Crippen LogP contribution in [0.4, 0.5) is 0 Å². The SMILES string of the molecule is Cc1cccc2c1Oc1ccccc1[C@@]1(O)C[NH2+]C(C)(C)C[C@@H]21.[I-]. The van der Waals surface area contributed by atoms with E-state index in [1.807, 2.05) is 24.3 Å². The summed E-state index contributed by atoms with van der Waals surface area (Å²) in [5, 5.41) is 13.9. The molecule has 0 spiro atoms. The smallest absolute Gasteiger partial charge is 0.149 e. The van der Waals surface area contributed by atoms with Crippen LogP contribution in [0.5, 0.6) is 11.5 Å². The first-order valence-corrected chi connectivity index (χ1v) is 8.34. The Morgan fingerprint density at radius 1 is 1.12 bits per heavy atom. The molecule has 2 aromatic rings. The third kappa shape index (κ3) is 2.65. The van der Waals surface area contributed by atoms with Gasteiger partial charge in [-0.05, 0) is 32.4 Å². The molecule has 0 aromatic heterocycles. The molecule has 3 nitrogen and oxygen atoms in total. The first-order valence-electron chi connectivity index (χ1n) is 8.34. The molecule has 0 unspecified atom stereocenters. The van der Waals surface area contributed by atoms with Crippen LogP contribution in [-0.4, -0.2) is 17.2 Å². The number of ether oxygens (including phenoxy) is 1. The molecule has 2 heterocycles. The molecule has 1 saturated heterocycles. The lowest BCUT2D eigenvalue weighted by atomic mass is 9.68. The van der Waals surface area contributed by atoms with Gasteiger partial charge in [0.1, 0.15) is 23.6 Å². The van der Waals surface area contributed by atoms with Crippen LogP contribution in [-0.2, 0) is 5.60 Å². The molecular weight excluding hydrogens is 413 g/mol. The van der Waals surface area contributed by atoms with E-state index in [-0.39, 0.29) is 35.4 Å². The average Bonchev–Trinajstić information content (AvgIpc) is 2.62. The number of hydrogen-bond donors (Lipinski definition) is 2. The second-order valence-corrected chi connectivity index (χ2v) is 7.67. The fourth-order valence-corrected chi connectivity index (χ4v) is 4.13. The van der Waals surface area contributed by atoms with Crippen LogP contribution in [0.15, 0.2) is 42.5 Å². The number of para-hydroxylation sites is 2. The number of rotatable bonds is 0. The monoisotopic (exact) mass is 437 g/mol. The number of nitrogens with two attached hydrogens (primary N) is 1. The van der Waals surface area contributed by atoms with Gasteiger partial charge in [0, 0.05) is 23.5 Å². The van der Waals surface area contributed by atoms with Gasteiger partial charge in [0.2, 0.25) is 0 Å². The summed E-state index contributed by atoms with van der Waals surface area (Å²) in [6.45, 7) is 7.23. The summed E-state index contributed by atoms with van der Waals surface area (Å²) in [5.41, 5.74) is 2.37. The Labute approximate surface area is 160 Å². The van der Waals surface area contributed by atoms with Gasteiger partial charge in [0.25, 0.3) is 0 Å². The van der Waals surface area contributed by atoms with E-state index in [2.05, 4.69) is 44.3 Å². The zero-order valence-electron chi connectivity index (χ0n) is 14.3. The van der Waals surface area contributed by atoms with Crippen molar-refractivity contribution in [3.05, 3.63) is 59.2 Å². The standard InChI is InChI=1S/C20H23NO2.HI/c1-13-7-6-8-14-16-11-19(2,3)21-12-20(16,22)15-9-4-5-10-17(15)23-18(13)14;/h4-10,16,21-22H,11-12H2,1-3H3;1H/t16-,20-;/m0./s1. The van der Waals surface area contributed by atoms with Gasteiger partial charge in [-0.3, -0.25) is 0 Å². The normalized spacial score (nSPS) is 26.8. The zero-order chi connectivity index (χ0) is 16.2. The van der Waals surface area contributed by atoms with Crippen molar-refractivity contribution in [3.8, 4) is 11.5 Å². The molecule has 0 aliphatic carbocycles. The van der Waals surface area contributed by atoms with Gasteiger partial charge in [0.15, 0.2) is 0 Å². The number of halogens is 1. The molecule has 0 radical (unpaired) electrons. The highest BCUT2D eigenvalue weighted by Crippen LogP contribution is 2.52. The van der Waals surface area contributed by atoms with E-state index in [0.717, 1.165) is 34.6 Å². The molecule has 24 heavy (non-hydrogen) atoms. The predicted octanol–water partition coefficient (Wildman–Crippen LogP) is -0.178. The first-order chi connectivity index (χ1) is 10.9. The molecule has 2 aliphatic rings. The summed E-state index contributed by atoms with van der Waals surface area (Å²) in [6, 6.07) is 14.2. The van der Waals surface area contributed by atoms with Gasteiger partial charge < -0.3 is 39.1 Å². The Kier molecular flexibility index (Phi) is 4.43. The van der Waals surface area contributed by atoms with Crippen molar-refractivity contribution in [3.63, 3.8) is 0 Å². The lowest BCUT2D eigenvalue weighted by molar-refractivity contribution is -0.744. The van der Waals surface area contributed by atoms with Crippen LogP contribution >= 0.6 is 0 Å². The van der Waals surface area contributed by atoms with Gasteiger partial charge in [0.05, 0.1) is 5.54 Å². The molecule has 0 bridgehead atoms. The van der Waals surface area contributed by atoms with Gasteiger partial charge >= 0.3 is 0 Å². The molecule has 4 rings (SSSR count). The highest BCUT2D eigenvalue weighted by atomic mass is 127. The third-order valence-corrected chi connectivity index (χ3v) is 5.46. The Balaban J connectivity index is 0.00000169. The topological polar surface area (TPSA) is 46.1 Å². The Morgan fingerprint density at radius 2 is 1.88 bits per heavy atom. The lowest BCUT2D eigenvalue weighted by Gasteiger charge is -2.44. The summed E-state index contributed by atoms with van der Waals surface area (Å²) in [5.74, 6) is 1.74. The Morgan fingerprint density at radius 3 is 2.67 bits per heavy atom. The summed E-state index contributed by atoms with van der Waals surface area (Å²) >= 11 is 0. The molecule has 128 valence electrons. The average molecular weight is 437 g/mol. The zero-order valence-corrected chi connectivity index (χ0v) is 16.5. The molecule has 0 saturated carbocycles. The maximum absolute atomic E-state index is 11.7. The van der Waals surface area contributed by atoms with Crippen LogP contribution in [0.1, 0.15) is 42.9 Å². The summed E-state index contributed by atoms with van der Waals surface area (Å²) in [4.78, 5) is 0. The Bertz CT molecular complexity index is 774. The van der Waals surface area contributed by atoms with Crippen LogP contribution in [0.25, 0.3) is 0 Å². The third-order valence-electron chi connectivity index (χ3n) is 5.46. The fraction of sp³-hybridized carbons (Fsp3) is 0.400. The maximum Gasteiger partial charge on any atom is 0.149 e. The van der Waals surface area contributed by atoms with Crippen LogP contribution in [0.3, 0.4) is 0 Å². The number of aryl methyl sites for hydroxylation is 1. The molecule has 2 aliphatic heterocycles. The lowest BCUT2D eigenvalue weighted by Crippen LogP contribution is -3.00.